The van der Waals surface area contributed by atoms with E-state index in [4.69, 9.17) is 14.2 Å². The van der Waals surface area contributed by atoms with Crippen LogP contribution in [0.15, 0.2) is 36.5 Å². The lowest BCUT2D eigenvalue weighted by Gasteiger charge is -2.27. The number of aryl methyl sites for hydroxylation is 1. The van der Waals surface area contributed by atoms with Crippen LogP contribution in [0.2, 0.25) is 0 Å². The summed E-state index contributed by atoms with van der Waals surface area (Å²) in [5.74, 6) is 1.77. The maximum absolute atomic E-state index is 12.1. The van der Waals surface area contributed by atoms with E-state index in [1.54, 1.807) is 19.4 Å². The van der Waals surface area contributed by atoms with E-state index < -0.39 is 0 Å². The van der Waals surface area contributed by atoms with Gasteiger partial charge in [-0.25, -0.2) is 4.98 Å². The predicted octanol–water partition coefficient (Wildman–Crippen LogP) is 2.25. The first-order chi connectivity index (χ1) is 12.7. The highest BCUT2D eigenvalue weighted by atomic mass is 16.5. The molecule has 1 fully saturated rings. The van der Waals surface area contributed by atoms with E-state index in [1.807, 2.05) is 31.2 Å². The number of ether oxygens (including phenoxy) is 3. The van der Waals surface area contributed by atoms with Gasteiger partial charge in [0.15, 0.2) is 18.1 Å². The van der Waals surface area contributed by atoms with Crippen molar-refractivity contribution in [2.24, 2.45) is 0 Å². The standard InChI is InChI=1S/C19H23N3O4/c1-14-3-5-16(17(11-14)24-2)26-13-19(23)21-15-4-6-18(20-12-15)22-7-9-25-10-8-22/h3-6,11-12H,7-10,13H2,1-2H3,(H,21,23). The Morgan fingerprint density at radius 3 is 2.73 bits per heavy atom. The van der Waals surface area contributed by atoms with E-state index in [-0.39, 0.29) is 12.5 Å². The average Bonchev–Trinajstić information content (AvgIpc) is 2.68. The second-order valence-corrected chi connectivity index (χ2v) is 6.00. The number of pyridine rings is 1. The van der Waals surface area contributed by atoms with Gasteiger partial charge >= 0.3 is 0 Å². The minimum absolute atomic E-state index is 0.107. The molecule has 3 rings (SSSR count). The number of nitrogens with zero attached hydrogens (tertiary/aromatic N) is 2. The fourth-order valence-electron chi connectivity index (χ4n) is 2.67. The van der Waals surface area contributed by atoms with E-state index in [1.165, 1.54) is 0 Å². The highest BCUT2D eigenvalue weighted by molar-refractivity contribution is 5.91. The molecule has 0 spiro atoms. The molecule has 2 aromatic rings. The summed E-state index contributed by atoms with van der Waals surface area (Å²) in [6, 6.07) is 9.29. The Bertz CT molecular complexity index is 743. The van der Waals surface area contributed by atoms with Crippen LogP contribution in [0.25, 0.3) is 0 Å². The van der Waals surface area contributed by atoms with Crippen molar-refractivity contribution in [2.75, 3.05) is 50.2 Å². The highest BCUT2D eigenvalue weighted by Crippen LogP contribution is 2.27. The van der Waals surface area contributed by atoms with Crippen molar-refractivity contribution in [1.29, 1.82) is 0 Å². The number of carbonyl (C=O) groups is 1. The number of hydrogen-bond acceptors (Lipinski definition) is 6. The van der Waals surface area contributed by atoms with Gasteiger partial charge < -0.3 is 24.4 Å². The number of nitrogens with one attached hydrogen (secondary N) is 1. The summed E-state index contributed by atoms with van der Waals surface area (Å²) in [6.07, 6.45) is 1.65. The molecular weight excluding hydrogens is 334 g/mol. The third kappa shape index (κ3) is 4.64. The van der Waals surface area contributed by atoms with Crippen LogP contribution in [0, 0.1) is 6.92 Å². The van der Waals surface area contributed by atoms with Gasteiger partial charge in [0.2, 0.25) is 0 Å². The topological polar surface area (TPSA) is 72.9 Å². The van der Waals surface area contributed by atoms with Crippen molar-refractivity contribution in [3.05, 3.63) is 42.1 Å². The van der Waals surface area contributed by atoms with Gasteiger partial charge in [0.1, 0.15) is 5.82 Å². The molecule has 1 N–H and O–H groups in total. The number of amides is 1. The summed E-state index contributed by atoms with van der Waals surface area (Å²) in [6.45, 7) is 4.92. The smallest absolute Gasteiger partial charge is 0.262 e. The van der Waals surface area contributed by atoms with E-state index in [2.05, 4.69) is 15.2 Å². The van der Waals surface area contributed by atoms with Gasteiger partial charge in [0.05, 0.1) is 32.2 Å². The SMILES string of the molecule is COc1cc(C)ccc1OCC(=O)Nc1ccc(N2CCOCC2)nc1. The van der Waals surface area contributed by atoms with Gasteiger partial charge in [-0.1, -0.05) is 6.07 Å². The molecule has 0 atom stereocenters. The number of benzene rings is 1. The molecule has 0 bridgehead atoms. The number of carbonyl (C=O) groups excluding carboxylic acids is 1. The van der Waals surface area contributed by atoms with Crippen LogP contribution in [-0.2, 0) is 9.53 Å². The first-order valence-electron chi connectivity index (χ1n) is 8.52. The first kappa shape index (κ1) is 18.0. The van der Waals surface area contributed by atoms with E-state index >= 15 is 0 Å². The molecular formula is C19H23N3O4. The molecule has 1 saturated heterocycles. The average molecular weight is 357 g/mol. The Morgan fingerprint density at radius 1 is 1.23 bits per heavy atom. The minimum Gasteiger partial charge on any atom is -0.493 e. The molecule has 1 aliphatic rings. The molecule has 0 radical (unpaired) electrons. The molecule has 1 aromatic heterocycles. The third-order valence-electron chi connectivity index (χ3n) is 4.04. The number of morpholine rings is 1. The van der Waals surface area contributed by atoms with Gasteiger partial charge in [-0.15, -0.1) is 0 Å². The number of hydrogen-bond donors (Lipinski definition) is 1. The van der Waals surface area contributed by atoms with Crippen molar-refractivity contribution in [3.63, 3.8) is 0 Å². The summed E-state index contributed by atoms with van der Waals surface area (Å²) in [4.78, 5) is 18.7. The third-order valence-corrected chi connectivity index (χ3v) is 4.04. The van der Waals surface area contributed by atoms with Crippen molar-refractivity contribution in [1.82, 2.24) is 4.98 Å². The van der Waals surface area contributed by atoms with Crippen molar-refractivity contribution >= 4 is 17.4 Å². The Morgan fingerprint density at radius 2 is 2.04 bits per heavy atom. The van der Waals surface area contributed by atoms with E-state index in [0.717, 1.165) is 24.5 Å². The lowest BCUT2D eigenvalue weighted by atomic mass is 10.2. The number of aromatic nitrogens is 1. The maximum Gasteiger partial charge on any atom is 0.262 e. The first-order valence-corrected chi connectivity index (χ1v) is 8.52. The van der Waals surface area contributed by atoms with Crippen LogP contribution in [0.4, 0.5) is 11.5 Å². The number of methoxy groups -OCH3 is 1. The predicted molar refractivity (Wildman–Crippen MR) is 99.1 cm³/mol. The second kappa shape index (κ2) is 8.53. The highest BCUT2D eigenvalue weighted by Gasteiger charge is 2.13. The van der Waals surface area contributed by atoms with Crippen molar-refractivity contribution < 1.29 is 19.0 Å². The van der Waals surface area contributed by atoms with Crippen LogP contribution < -0.4 is 19.7 Å². The number of rotatable bonds is 6. The van der Waals surface area contributed by atoms with Crippen molar-refractivity contribution in [2.45, 2.75) is 6.92 Å². The zero-order chi connectivity index (χ0) is 18.4. The Hall–Kier alpha value is -2.80. The zero-order valence-electron chi connectivity index (χ0n) is 15.0. The second-order valence-electron chi connectivity index (χ2n) is 6.00. The quantitative estimate of drug-likeness (QED) is 0.855. The molecule has 0 saturated carbocycles. The maximum atomic E-state index is 12.1. The molecule has 7 nitrogen and oxygen atoms in total. The fourth-order valence-corrected chi connectivity index (χ4v) is 2.67. The Labute approximate surface area is 152 Å². The van der Waals surface area contributed by atoms with Gasteiger partial charge in [-0.2, -0.15) is 0 Å². The molecule has 0 unspecified atom stereocenters. The van der Waals surface area contributed by atoms with Crippen LogP contribution in [0.3, 0.4) is 0 Å². The van der Waals surface area contributed by atoms with Crippen LogP contribution in [0.1, 0.15) is 5.56 Å². The van der Waals surface area contributed by atoms with Crippen LogP contribution in [0.5, 0.6) is 11.5 Å². The van der Waals surface area contributed by atoms with Gasteiger partial charge in [0, 0.05) is 13.1 Å². The summed E-state index contributed by atoms with van der Waals surface area (Å²) in [5, 5.41) is 2.78. The monoisotopic (exact) mass is 357 g/mol. The minimum atomic E-state index is -0.256. The van der Waals surface area contributed by atoms with Gasteiger partial charge in [-0.05, 0) is 36.8 Å². The molecule has 2 heterocycles. The fraction of sp³-hybridized carbons (Fsp3) is 0.368. The summed E-state index contributed by atoms with van der Waals surface area (Å²) < 4.78 is 16.2. The molecule has 26 heavy (non-hydrogen) atoms. The Kier molecular flexibility index (Phi) is 5.91. The molecule has 7 heteroatoms. The zero-order valence-corrected chi connectivity index (χ0v) is 15.0. The van der Waals surface area contributed by atoms with Gasteiger partial charge in [-0.3, -0.25) is 4.79 Å². The number of anilines is 2. The molecule has 1 aromatic carbocycles. The molecule has 1 aliphatic heterocycles. The molecule has 0 aliphatic carbocycles. The largest absolute Gasteiger partial charge is 0.493 e. The normalized spacial score (nSPS) is 14.0. The molecule has 1 amide bonds. The summed E-state index contributed by atoms with van der Waals surface area (Å²) in [5.41, 5.74) is 1.69. The summed E-state index contributed by atoms with van der Waals surface area (Å²) >= 11 is 0. The summed E-state index contributed by atoms with van der Waals surface area (Å²) in [7, 11) is 1.57. The molecule has 138 valence electrons. The van der Waals surface area contributed by atoms with Crippen molar-refractivity contribution in [3.8, 4) is 11.5 Å². The van der Waals surface area contributed by atoms with E-state index in [0.29, 0.717) is 30.4 Å². The van der Waals surface area contributed by atoms with E-state index in [9.17, 15) is 4.79 Å². The van der Waals surface area contributed by atoms with Crippen LogP contribution in [-0.4, -0.2) is 50.9 Å². The lowest BCUT2D eigenvalue weighted by molar-refractivity contribution is -0.118. The Balaban J connectivity index is 1.53. The van der Waals surface area contributed by atoms with Gasteiger partial charge in [0.25, 0.3) is 5.91 Å². The van der Waals surface area contributed by atoms with Crippen LogP contribution >= 0.6 is 0 Å². The lowest BCUT2D eigenvalue weighted by Crippen LogP contribution is -2.36.